The van der Waals surface area contributed by atoms with Gasteiger partial charge >= 0.3 is 11.9 Å². The minimum Gasteiger partial charge on any atom is -0.468 e. The first-order valence-corrected chi connectivity index (χ1v) is 9.78. The molecule has 5 heteroatoms. The summed E-state index contributed by atoms with van der Waals surface area (Å²) in [5.41, 5.74) is 1.64. The van der Waals surface area contributed by atoms with E-state index in [2.05, 4.69) is 0 Å². The van der Waals surface area contributed by atoms with Crippen LogP contribution in [0.15, 0.2) is 91.0 Å². The van der Waals surface area contributed by atoms with Crippen LogP contribution in [0.1, 0.15) is 23.1 Å². The van der Waals surface area contributed by atoms with Crippen LogP contribution in [0.2, 0.25) is 0 Å². The van der Waals surface area contributed by atoms with Crippen LogP contribution in [-0.4, -0.2) is 25.3 Å². The largest absolute Gasteiger partial charge is 0.468 e. The monoisotopic (exact) mass is 402 g/mol. The Morgan fingerprint density at radius 2 is 1.27 bits per heavy atom. The lowest BCUT2D eigenvalue weighted by molar-refractivity contribution is -0.182. The average Bonchev–Trinajstić information content (AvgIpc) is 3.18. The van der Waals surface area contributed by atoms with Crippen LogP contribution in [0.3, 0.4) is 0 Å². The first-order chi connectivity index (χ1) is 14.6. The quantitative estimate of drug-likeness (QED) is 0.354. The Bertz CT molecular complexity index is 905. The molecule has 3 aromatic carbocycles. The standard InChI is InChI=1S/C25H22O5/c1-28-23(26)21-17-22(29-24(21)27)30-25(18-11-5-2-6-12-18,19-13-7-3-8-14-19)20-15-9-4-10-16-20/h2-16,21-22H,17H2,1H3. The van der Waals surface area contributed by atoms with Gasteiger partial charge in [-0.2, -0.15) is 0 Å². The average molecular weight is 402 g/mol. The zero-order valence-corrected chi connectivity index (χ0v) is 16.6. The summed E-state index contributed by atoms with van der Waals surface area (Å²) < 4.78 is 16.8. The molecule has 1 aliphatic heterocycles. The maximum atomic E-state index is 12.3. The van der Waals surface area contributed by atoms with Crippen molar-refractivity contribution in [2.45, 2.75) is 18.3 Å². The van der Waals surface area contributed by atoms with Crippen molar-refractivity contribution < 1.29 is 23.8 Å². The van der Waals surface area contributed by atoms with Gasteiger partial charge in [0.2, 0.25) is 6.29 Å². The molecule has 0 N–H and O–H groups in total. The number of carbonyl (C=O) groups excluding carboxylic acids is 2. The second-order valence-corrected chi connectivity index (χ2v) is 7.08. The Morgan fingerprint density at radius 3 is 1.67 bits per heavy atom. The number of ether oxygens (including phenoxy) is 3. The molecule has 0 bridgehead atoms. The van der Waals surface area contributed by atoms with Crippen LogP contribution < -0.4 is 0 Å². The molecule has 1 aliphatic rings. The van der Waals surface area contributed by atoms with Crippen LogP contribution in [0.4, 0.5) is 0 Å². The third-order valence-electron chi connectivity index (χ3n) is 5.30. The molecular formula is C25H22O5. The molecule has 2 unspecified atom stereocenters. The first kappa shape index (κ1) is 19.9. The third-order valence-corrected chi connectivity index (χ3v) is 5.30. The topological polar surface area (TPSA) is 61.8 Å². The van der Waals surface area contributed by atoms with Crippen molar-refractivity contribution in [2.75, 3.05) is 7.11 Å². The van der Waals surface area contributed by atoms with E-state index in [4.69, 9.17) is 14.2 Å². The van der Waals surface area contributed by atoms with Crippen LogP contribution in [-0.2, 0) is 29.4 Å². The fraction of sp³-hybridized carbons (Fsp3) is 0.200. The number of methoxy groups -OCH3 is 1. The van der Waals surface area contributed by atoms with Gasteiger partial charge in [0.05, 0.1) is 7.11 Å². The molecule has 0 spiro atoms. The highest BCUT2D eigenvalue weighted by molar-refractivity contribution is 5.96. The molecule has 0 amide bonds. The van der Waals surface area contributed by atoms with Crippen LogP contribution in [0.25, 0.3) is 0 Å². The summed E-state index contributed by atoms with van der Waals surface area (Å²) in [6, 6.07) is 29.3. The van der Waals surface area contributed by atoms with Gasteiger partial charge in [-0.15, -0.1) is 0 Å². The first-order valence-electron chi connectivity index (χ1n) is 9.78. The molecule has 5 nitrogen and oxygen atoms in total. The van der Waals surface area contributed by atoms with Gasteiger partial charge in [0.25, 0.3) is 0 Å². The van der Waals surface area contributed by atoms with Gasteiger partial charge in [-0.1, -0.05) is 91.0 Å². The van der Waals surface area contributed by atoms with E-state index in [1.165, 1.54) is 7.11 Å². The number of rotatable bonds is 6. The van der Waals surface area contributed by atoms with Crippen LogP contribution >= 0.6 is 0 Å². The Morgan fingerprint density at radius 1 is 0.833 bits per heavy atom. The Hall–Kier alpha value is -3.44. The fourth-order valence-corrected chi connectivity index (χ4v) is 3.88. The predicted octanol–water partition coefficient (Wildman–Crippen LogP) is 4.06. The smallest absolute Gasteiger partial charge is 0.322 e. The van der Waals surface area contributed by atoms with E-state index in [1.54, 1.807) is 0 Å². The third kappa shape index (κ3) is 3.60. The van der Waals surface area contributed by atoms with Crippen molar-refractivity contribution in [2.24, 2.45) is 5.92 Å². The van der Waals surface area contributed by atoms with E-state index < -0.39 is 29.7 Å². The van der Waals surface area contributed by atoms with Gasteiger partial charge in [0, 0.05) is 6.42 Å². The number of hydrogen-bond acceptors (Lipinski definition) is 5. The van der Waals surface area contributed by atoms with Gasteiger partial charge in [-0.3, -0.25) is 9.59 Å². The van der Waals surface area contributed by atoms with E-state index in [-0.39, 0.29) is 6.42 Å². The fourth-order valence-electron chi connectivity index (χ4n) is 3.88. The number of carbonyl (C=O) groups is 2. The Kier molecular flexibility index (Phi) is 5.63. The Labute approximate surface area is 175 Å². The molecular weight excluding hydrogens is 380 g/mol. The van der Waals surface area contributed by atoms with Gasteiger partial charge in [0.15, 0.2) is 5.92 Å². The number of hydrogen-bond donors (Lipinski definition) is 0. The molecule has 30 heavy (non-hydrogen) atoms. The SMILES string of the molecule is COC(=O)C1CC(OC(c2ccccc2)(c2ccccc2)c2ccccc2)OC1=O. The van der Waals surface area contributed by atoms with Crippen molar-refractivity contribution in [3.63, 3.8) is 0 Å². The molecule has 3 aromatic rings. The zero-order valence-electron chi connectivity index (χ0n) is 16.6. The molecule has 152 valence electrons. The number of esters is 2. The summed E-state index contributed by atoms with van der Waals surface area (Å²) >= 11 is 0. The maximum Gasteiger partial charge on any atom is 0.322 e. The highest BCUT2D eigenvalue weighted by Gasteiger charge is 2.47. The minimum absolute atomic E-state index is 0.0970. The summed E-state index contributed by atoms with van der Waals surface area (Å²) in [7, 11) is 1.26. The van der Waals surface area contributed by atoms with E-state index in [0.29, 0.717) is 0 Å². The lowest BCUT2D eigenvalue weighted by Crippen LogP contribution is -2.37. The summed E-state index contributed by atoms with van der Waals surface area (Å²) in [5.74, 6) is -2.23. The van der Waals surface area contributed by atoms with Crippen molar-refractivity contribution in [3.8, 4) is 0 Å². The molecule has 0 radical (unpaired) electrons. The van der Waals surface area contributed by atoms with Gasteiger partial charge in [-0.05, 0) is 16.7 Å². The van der Waals surface area contributed by atoms with E-state index >= 15 is 0 Å². The van der Waals surface area contributed by atoms with Gasteiger partial charge < -0.3 is 14.2 Å². The molecule has 0 aromatic heterocycles. The summed E-state index contributed by atoms with van der Waals surface area (Å²) in [5, 5.41) is 0. The van der Waals surface area contributed by atoms with Gasteiger partial charge in [-0.25, -0.2) is 0 Å². The van der Waals surface area contributed by atoms with E-state index in [9.17, 15) is 9.59 Å². The van der Waals surface area contributed by atoms with E-state index in [1.807, 2.05) is 91.0 Å². The molecule has 4 rings (SSSR count). The highest BCUT2D eigenvalue weighted by atomic mass is 16.7. The van der Waals surface area contributed by atoms with Crippen LogP contribution in [0, 0.1) is 5.92 Å². The highest BCUT2D eigenvalue weighted by Crippen LogP contribution is 2.43. The van der Waals surface area contributed by atoms with Crippen molar-refractivity contribution in [1.29, 1.82) is 0 Å². The number of benzene rings is 3. The van der Waals surface area contributed by atoms with Crippen LogP contribution in [0.5, 0.6) is 0 Å². The van der Waals surface area contributed by atoms with Crippen molar-refractivity contribution in [3.05, 3.63) is 108 Å². The second kappa shape index (κ2) is 8.51. The van der Waals surface area contributed by atoms with E-state index in [0.717, 1.165) is 16.7 Å². The summed E-state index contributed by atoms with van der Waals surface area (Å²) in [4.78, 5) is 24.2. The molecule has 1 saturated heterocycles. The lowest BCUT2D eigenvalue weighted by Gasteiger charge is -2.37. The predicted molar refractivity (Wildman–Crippen MR) is 110 cm³/mol. The summed E-state index contributed by atoms with van der Waals surface area (Å²) in [6.07, 6.45) is -0.804. The summed E-state index contributed by atoms with van der Waals surface area (Å²) in [6.45, 7) is 0. The lowest BCUT2D eigenvalue weighted by atomic mass is 9.80. The molecule has 0 aliphatic carbocycles. The molecule has 2 atom stereocenters. The maximum absolute atomic E-state index is 12.3. The zero-order chi connectivity index (χ0) is 21.0. The number of cyclic esters (lactones) is 1. The van der Waals surface area contributed by atoms with Crippen molar-refractivity contribution in [1.82, 2.24) is 0 Å². The van der Waals surface area contributed by atoms with Gasteiger partial charge in [0.1, 0.15) is 5.60 Å². The molecule has 1 heterocycles. The normalized spacial score (nSPS) is 18.6. The Balaban J connectivity index is 1.84. The molecule has 0 saturated carbocycles. The minimum atomic E-state index is -1.03. The molecule has 1 fully saturated rings. The second-order valence-electron chi connectivity index (χ2n) is 7.08. The van der Waals surface area contributed by atoms with Crippen molar-refractivity contribution >= 4 is 11.9 Å².